The zero-order chi connectivity index (χ0) is 22.0. The molecule has 0 aliphatic carbocycles. The molecule has 3 heterocycles. The summed E-state index contributed by atoms with van der Waals surface area (Å²) in [5, 5.41) is 8.08. The first kappa shape index (κ1) is 21.8. The van der Waals surface area contributed by atoms with E-state index in [1.165, 1.54) is 22.1 Å². The Balaban J connectivity index is 1.46. The maximum atomic E-state index is 13.1. The number of morpholine rings is 1. The van der Waals surface area contributed by atoms with Crippen LogP contribution in [0.4, 0.5) is 13.2 Å². The molecule has 1 saturated heterocycles. The highest BCUT2D eigenvalue weighted by Crippen LogP contribution is 2.33. The van der Waals surface area contributed by atoms with Gasteiger partial charge in [-0.1, -0.05) is 6.07 Å². The summed E-state index contributed by atoms with van der Waals surface area (Å²) in [6, 6.07) is 6.78. The van der Waals surface area contributed by atoms with Crippen LogP contribution in [0.1, 0.15) is 27.3 Å². The standard InChI is InChI=1S/C21H23F3N4O2S/c1-14-17-13-18(19(29)25-6-3-7-27-8-10-30-11-9-27)31-20(17)28(26-14)16-5-2-4-15(12-16)21(22,23)24/h2,4-5,12-13H,3,6-11H2,1H3,(H,25,29). The van der Waals surface area contributed by atoms with Crippen molar-refractivity contribution in [3.05, 3.63) is 46.5 Å². The lowest BCUT2D eigenvalue weighted by molar-refractivity contribution is -0.137. The molecule has 1 aliphatic rings. The van der Waals surface area contributed by atoms with E-state index >= 15 is 0 Å². The number of carbonyl (C=O) groups is 1. The van der Waals surface area contributed by atoms with Gasteiger partial charge < -0.3 is 10.1 Å². The molecule has 0 atom stereocenters. The van der Waals surface area contributed by atoms with E-state index in [-0.39, 0.29) is 5.91 Å². The number of halogens is 3. The summed E-state index contributed by atoms with van der Waals surface area (Å²) in [6.45, 7) is 6.56. The molecule has 31 heavy (non-hydrogen) atoms. The van der Waals surface area contributed by atoms with Gasteiger partial charge >= 0.3 is 6.18 Å². The number of alkyl halides is 3. The van der Waals surface area contributed by atoms with Crippen molar-refractivity contribution >= 4 is 27.5 Å². The Hall–Kier alpha value is -2.43. The van der Waals surface area contributed by atoms with Crippen molar-refractivity contribution in [2.24, 2.45) is 0 Å². The van der Waals surface area contributed by atoms with Gasteiger partial charge in [0.25, 0.3) is 5.91 Å². The Morgan fingerprint density at radius 2 is 2.03 bits per heavy atom. The van der Waals surface area contributed by atoms with Crippen molar-refractivity contribution in [3.8, 4) is 5.69 Å². The number of benzene rings is 1. The quantitative estimate of drug-likeness (QED) is 0.577. The van der Waals surface area contributed by atoms with Gasteiger partial charge in [0, 0.05) is 25.0 Å². The highest BCUT2D eigenvalue weighted by atomic mass is 32.1. The van der Waals surface area contributed by atoms with E-state index in [0.717, 1.165) is 56.8 Å². The minimum absolute atomic E-state index is 0.182. The van der Waals surface area contributed by atoms with E-state index in [4.69, 9.17) is 4.74 Å². The third kappa shape index (κ3) is 4.91. The van der Waals surface area contributed by atoms with Crippen molar-refractivity contribution in [2.75, 3.05) is 39.4 Å². The van der Waals surface area contributed by atoms with Crippen molar-refractivity contribution in [3.63, 3.8) is 0 Å². The van der Waals surface area contributed by atoms with Crippen LogP contribution in [-0.4, -0.2) is 60.0 Å². The second-order valence-corrected chi connectivity index (χ2v) is 8.47. The maximum absolute atomic E-state index is 13.1. The molecular formula is C21H23F3N4O2S. The lowest BCUT2D eigenvalue weighted by Gasteiger charge is -2.26. The van der Waals surface area contributed by atoms with E-state index in [1.807, 2.05) is 0 Å². The van der Waals surface area contributed by atoms with Crippen molar-refractivity contribution in [1.29, 1.82) is 0 Å². The number of aromatic nitrogens is 2. The molecule has 166 valence electrons. The zero-order valence-electron chi connectivity index (χ0n) is 17.0. The van der Waals surface area contributed by atoms with Gasteiger partial charge in [-0.25, -0.2) is 4.68 Å². The van der Waals surface area contributed by atoms with E-state index in [1.54, 1.807) is 19.1 Å². The van der Waals surface area contributed by atoms with Gasteiger partial charge in [-0.2, -0.15) is 18.3 Å². The summed E-state index contributed by atoms with van der Waals surface area (Å²) in [4.78, 5) is 16.1. The third-order valence-corrected chi connectivity index (χ3v) is 6.34. The smallest absolute Gasteiger partial charge is 0.379 e. The summed E-state index contributed by atoms with van der Waals surface area (Å²) in [6.07, 6.45) is -3.59. The Bertz CT molecular complexity index is 1070. The van der Waals surface area contributed by atoms with E-state index < -0.39 is 11.7 Å². The molecule has 3 aromatic rings. The first-order valence-electron chi connectivity index (χ1n) is 10.1. The van der Waals surface area contributed by atoms with E-state index in [9.17, 15) is 18.0 Å². The molecule has 1 aromatic carbocycles. The summed E-state index contributed by atoms with van der Waals surface area (Å²) >= 11 is 1.23. The van der Waals surface area contributed by atoms with Crippen LogP contribution in [0.25, 0.3) is 15.9 Å². The molecule has 0 spiro atoms. The highest BCUT2D eigenvalue weighted by molar-refractivity contribution is 7.20. The molecule has 1 N–H and O–H groups in total. The fourth-order valence-electron chi connectivity index (χ4n) is 3.56. The molecule has 1 aliphatic heterocycles. The molecule has 4 rings (SSSR count). The molecule has 1 fully saturated rings. The Morgan fingerprint density at radius 1 is 1.26 bits per heavy atom. The fourth-order valence-corrected chi connectivity index (χ4v) is 4.66. The average Bonchev–Trinajstić information content (AvgIpc) is 3.32. The van der Waals surface area contributed by atoms with Crippen LogP contribution in [-0.2, 0) is 10.9 Å². The Labute approximate surface area is 181 Å². The number of amides is 1. The maximum Gasteiger partial charge on any atom is 0.416 e. The molecule has 0 saturated carbocycles. The van der Waals surface area contributed by atoms with Crippen LogP contribution in [0.3, 0.4) is 0 Å². The number of thiophene rings is 1. The minimum Gasteiger partial charge on any atom is -0.379 e. The Morgan fingerprint density at radius 3 is 2.77 bits per heavy atom. The first-order valence-corrected chi connectivity index (χ1v) is 10.9. The predicted molar refractivity (Wildman–Crippen MR) is 113 cm³/mol. The summed E-state index contributed by atoms with van der Waals surface area (Å²) in [7, 11) is 0. The number of fused-ring (bicyclic) bond motifs is 1. The molecule has 0 bridgehead atoms. The minimum atomic E-state index is -4.43. The molecule has 2 aromatic heterocycles. The van der Waals surface area contributed by atoms with Crippen LogP contribution in [0.15, 0.2) is 30.3 Å². The highest BCUT2D eigenvalue weighted by Gasteiger charge is 2.31. The second-order valence-electron chi connectivity index (χ2n) is 7.44. The van der Waals surface area contributed by atoms with Gasteiger partial charge in [-0.15, -0.1) is 11.3 Å². The SMILES string of the molecule is Cc1nn(-c2cccc(C(F)(F)F)c2)c2sc(C(=O)NCCCN3CCOCC3)cc12. The topological polar surface area (TPSA) is 59.4 Å². The van der Waals surface area contributed by atoms with E-state index in [2.05, 4.69) is 15.3 Å². The number of aryl methyl sites for hydroxylation is 1. The number of hydrogen-bond donors (Lipinski definition) is 1. The molecule has 1 amide bonds. The fraction of sp³-hybridized carbons (Fsp3) is 0.429. The van der Waals surface area contributed by atoms with Crippen LogP contribution in [0.2, 0.25) is 0 Å². The molecule has 6 nitrogen and oxygen atoms in total. The predicted octanol–water partition coefficient (Wildman–Crippen LogP) is 3.87. The second kappa shape index (κ2) is 8.97. The van der Waals surface area contributed by atoms with Crippen LogP contribution in [0.5, 0.6) is 0 Å². The summed E-state index contributed by atoms with van der Waals surface area (Å²) < 4.78 is 46.1. The van der Waals surface area contributed by atoms with Gasteiger partial charge in [0.15, 0.2) is 0 Å². The number of nitrogens with zero attached hydrogens (tertiary/aromatic N) is 3. The lowest BCUT2D eigenvalue weighted by atomic mass is 10.2. The largest absolute Gasteiger partial charge is 0.416 e. The average molecular weight is 453 g/mol. The van der Waals surface area contributed by atoms with Gasteiger partial charge in [-0.05, 0) is 44.2 Å². The van der Waals surface area contributed by atoms with Crippen LogP contribution >= 0.6 is 11.3 Å². The van der Waals surface area contributed by atoms with Gasteiger partial charge in [-0.3, -0.25) is 9.69 Å². The van der Waals surface area contributed by atoms with Gasteiger partial charge in [0.1, 0.15) is 4.83 Å². The van der Waals surface area contributed by atoms with Crippen molar-refractivity contribution in [1.82, 2.24) is 20.0 Å². The molecule has 10 heteroatoms. The number of rotatable bonds is 6. The summed E-state index contributed by atoms with van der Waals surface area (Å²) in [5.41, 5.74) is 0.239. The van der Waals surface area contributed by atoms with Crippen LogP contribution < -0.4 is 5.32 Å². The molecule has 0 radical (unpaired) electrons. The monoisotopic (exact) mass is 452 g/mol. The first-order chi connectivity index (χ1) is 14.8. The Kier molecular flexibility index (Phi) is 6.31. The number of carbonyl (C=O) groups excluding carboxylic acids is 1. The number of nitrogens with one attached hydrogen (secondary N) is 1. The molecule has 0 unspecified atom stereocenters. The third-order valence-electron chi connectivity index (χ3n) is 5.23. The lowest BCUT2D eigenvalue weighted by Crippen LogP contribution is -2.38. The number of ether oxygens (including phenoxy) is 1. The normalized spacial score (nSPS) is 15.5. The van der Waals surface area contributed by atoms with Crippen molar-refractivity contribution in [2.45, 2.75) is 19.5 Å². The zero-order valence-corrected chi connectivity index (χ0v) is 17.9. The number of hydrogen-bond acceptors (Lipinski definition) is 5. The van der Waals surface area contributed by atoms with Gasteiger partial charge in [0.2, 0.25) is 0 Å². The summed E-state index contributed by atoms with van der Waals surface area (Å²) in [5.74, 6) is -0.182. The molecular weight excluding hydrogens is 429 g/mol. The van der Waals surface area contributed by atoms with Crippen LogP contribution in [0, 0.1) is 6.92 Å². The van der Waals surface area contributed by atoms with E-state index in [0.29, 0.717) is 27.6 Å². The van der Waals surface area contributed by atoms with Gasteiger partial charge in [0.05, 0.1) is 35.0 Å². The van der Waals surface area contributed by atoms with Crippen molar-refractivity contribution < 1.29 is 22.7 Å².